The quantitative estimate of drug-likeness (QED) is 0.617. The SMILES string of the molecule is CCSc1ccc(CN2CCN(Cc3ccc(C(C)(C)C)cc3)CC2)cc1. The summed E-state index contributed by atoms with van der Waals surface area (Å²) in [5, 5.41) is 0. The second-order valence-corrected chi connectivity index (χ2v) is 9.91. The van der Waals surface area contributed by atoms with Crippen LogP contribution in [0.3, 0.4) is 0 Å². The van der Waals surface area contributed by atoms with Crippen LogP contribution in [-0.2, 0) is 18.5 Å². The summed E-state index contributed by atoms with van der Waals surface area (Å²) < 4.78 is 0. The largest absolute Gasteiger partial charge is 0.297 e. The van der Waals surface area contributed by atoms with E-state index >= 15 is 0 Å². The van der Waals surface area contributed by atoms with Gasteiger partial charge < -0.3 is 0 Å². The van der Waals surface area contributed by atoms with Gasteiger partial charge in [0.25, 0.3) is 0 Å². The highest BCUT2D eigenvalue weighted by Crippen LogP contribution is 2.23. The van der Waals surface area contributed by atoms with E-state index in [1.165, 1.54) is 21.6 Å². The Labute approximate surface area is 170 Å². The molecule has 0 bridgehead atoms. The van der Waals surface area contributed by atoms with Gasteiger partial charge in [-0.05, 0) is 40.0 Å². The van der Waals surface area contributed by atoms with Gasteiger partial charge in [0.05, 0.1) is 0 Å². The molecule has 27 heavy (non-hydrogen) atoms. The molecule has 2 nitrogen and oxygen atoms in total. The van der Waals surface area contributed by atoms with E-state index in [0.717, 1.165) is 45.0 Å². The van der Waals surface area contributed by atoms with Crippen LogP contribution in [0.2, 0.25) is 0 Å². The van der Waals surface area contributed by atoms with Crippen molar-refractivity contribution in [1.82, 2.24) is 9.80 Å². The van der Waals surface area contributed by atoms with E-state index in [0.29, 0.717) is 0 Å². The molecule has 0 amide bonds. The molecule has 0 radical (unpaired) electrons. The van der Waals surface area contributed by atoms with E-state index in [-0.39, 0.29) is 5.41 Å². The van der Waals surface area contributed by atoms with Crippen LogP contribution in [0.15, 0.2) is 53.4 Å². The molecule has 0 atom stereocenters. The van der Waals surface area contributed by atoms with Crippen molar-refractivity contribution in [2.45, 2.75) is 51.1 Å². The maximum Gasteiger partial charge on any atom is 0.0234 e. The highest BCUT2D eigenvalue weighted by atomic mass is 32.2. The van der Waals surface area contributed by atoms with E-state index in [9.17, 15) is 0 Å². The molecule has 2 aromatic carbocycles. The van der Waals surface area contributed by atoms with Crippen LogP contribution < -0.4 is 0 Å². The highest BCUT2D eigenvalue weighted by molar-refractivity contribution is 7.99. The van der Waals surface area contributed by atoms with Gasteiger partial charge >= 0.3 is 0 Å². The first-order valence-electron chi connectivity index (χ1n) is 10.2. The Kier molecular flexibility index (Phi) is 7.02. The van der Waals surface area contributed by atoms with Gasteiger partial charge in [-0.1, -0.05) is 64.1 Å². The first-order chi connectivity index (χ1) is 12.9. The molecule has 1 aliphatic heterocycles. The lowest BCUT2D eigenvalue weighted by Crippen LogP contribution is -2.45. The Morgan fingerprint density at radius 2 is 1.19 bits per heavy atom. The summed E-state index contributed by atoms with van der Waals surface area (Å²) in [6.07, 6.45) is 0. The molecule has 0 spiro atoms. The third kappa shape index (κ3) is 6.10. The lowest BCUT2D eigenvalue weighted by atomic mass is 9.87. The number of benzene rings is 2. The molecule has 0 N–H and O–H groups in total. The lowest BCUT2D eigenvalue weighted by Gasteiger charge is -2.34. The summed E-state index contributed by atoms with van der Waals surface area (Å²) in [7, 11) is 0. The van der Waals surface area contributed by atoms with Crippen LogP contribution >= 0.6 is 11.8 Å². The van der Waals surface area contributed by atoms with Crippen molar-refractivity contribution in [3.05, 3.63) is 65.2 Å². The fourth-order valence-corrected chi connectivity index (χ4v) is 4.25. The molecule has 0 saturated carbocycles. The number of hydrogen-bond acceptors (Lipinski definition) is 3. The molecule has 2 aromatic rings. The van der Waals surface area contributed by atoms with Crippen LogP contribution in [0.1, 0.15) is 44.4 Å². The minimum absolute atomic E-state index is 0.234. The van der Waals surface area contributed by atoms with Crippen LogP contribution in [0.25, 0.3) is 0 Å². The predicted octanol–water partition coefficient (Wildman–Crippen LogP) is 5.41. The van der Waals surface area contributed by atoms with Crippen molar-refractivity contribution < 1.29 is 0 Å². The Morgan fingerprint density at radius 1 is 0.741 bits per heavy atom. The number of hydrogen-bond donors (Lipinski definition) is 0. The summed E-state index contributed by atoms with van der Waals surface area (Å²) in [4.78, 5) is 6.55. The molecule has 0 unspecified atom stereocenters. The maximum atomic E-state index is 2.59. The van der Waals surface area contributed by atoms with E-state index < -0.39 is 0 Å². The lowest BCUT2D eigenvalue weighted by molar-refractivity contribution is 0.122. The van der Waals surface area contributed by atoms with Crippen LogP contribution in [-0.4, -0.2) is 41.7 Å². The molecular formula is C24H34N2S. The zero-order valence-corrected chi connectivity index (χ0v) is 18.2. The zero-order chi connectivity index (χ0) is 19.3. The summed E-state index contributed by atoms with van der Waals surface area (Å²) in [6.45, 7) is 15.8. The number of rotatable bonds is 6. The van der Waals surface area contributed by atoms with E-state index in [4.69, 9.17) is 0 Å². The minimum atomic E-state index is 0.234. The van der Waals surface area contributed by atoms with Crippen molar-refractivity contribution in [2.75, 3.05) is 31.9 Å². The maximum absolute atomic E-state index is 2.59. The molecule has 3 heteroatoms. The molecule has 1 heterocycles. The van der Waals surface area contributed by atoms with Crippen LogP contribution in [0.5, 0.6) is 0 Å². The average molecular weight is 383 g/mol. The van der Waals surface area contributed by atoms with Gasteiger partial charge in [-0.2, -0.15) is 0 Å². The second-order valence-electron chi connectivity index (χ2n) is 8.58. The van der Waals surface area contributed by atoms with Crippen LogP contribution in [0.4, 0.5) is 0 Å². The molecule has 1 saturated heterocycles. The smallest absolute Gasteiger partial charge is 0.0234 e. The molecule has 146 valence electrons. The van der Waals surface area contributed by atoms with Crippen molar-refractivity contribution in [1.29, 1.82) is 0 Å². The van der Waals surface area contributed by atoms with Gasteiger partial charge in [-0.25, -0.2) is 0 Å². The Balaban J connectivity index is 1.46. The standard InChI is InChI=1S/C24H34N2S/c1-5-27-23-12-8-21(9-13-23)19-26-16-14-25(15-17-26)18-20-6-10-22(11-7-20)24(2,3)4/h6-13H,5,14-19H2,1-4H3. The van der Waals surface area contributed by atoms with Crippen molar-refractivity contribution in [3.63, 3.8) is 0 Å². The summed E-state index contributed by atoms with van der Waals surface area (Å²) >= 11 is 1.91. The third-order valence-electron chi connectivity index (χ3n) is 5.33. The van der Waals surface area contributed by atoms with Gasteiger partial charge in [0.1, 0.15) is 0 Å². The van der Waals surface area contributed by atoms with E-state index in [1.54, 1.807) is 0 Å². The van der Waals surface area contributed by atoms with Gasteiger partial charge in [0.2, 0.25) is 0 Å². The Morgan fingerprint density at radius 3 is 1.59 bits per heavy atom. The first-order valence-corrected chi connectivity index (χ1v) is 11.2. The number of thioether (sulfide) groups is 1. The monoisotopic (exact) mass is 382 g/mol. The first kappa shape index (κ1) is 20.4. The summed E-state index contributed by atoms with van der Waals surface area (Å²) in [5.41, 5.74) is 4.51. The van der Waals surface area contributed by atoms with Gasteiger partial charge in [-0.3, -0.25) is 9.80 Å². The number of nitrogens with zero attached hydrogens (tertiary/aromatic N) is 2. The van der Waals surface area contributed by atoms with Gasteiger partial charge in [0, 0.05) is 44.2 Å². The third-order valence-corrected chi connectivity index (χ3v) is 6.23. The molecule has 3 rings (SSSR count). The second kappa shape index (κ2) is 9.27. The average Bonchev–Trinajstić information content (AvgIpc) is 2.65. The highest BCUT2D eigenvalue weighted by Gasteiger charge is 2.18. The van der Waals surface area contributed by atoms with Gasteiger partial charge in [0.15, 0.2) is 0 Å². The normalized spacial score (nSPS) is 16.6. The molecule has 0 aliphatic carbocycles. The minimum Gasteiger partial charge on any atom is -0.297 e. The topological polar surface area (TPSA) is 6.48 Å². The Hall–Kier alpha value is -1.29. The predicted molar refractivity (Wildman–Crippen MR) is 119 cm³/mol. The molecule has 1 aliphatic rings. The summed E-state index contributed by atoms with van der Waals surface area (Å²) in [6, 6.07) is 18.3. The summed E-state index contributed by atoms with van der Waals surface area (Å²) in [5.74, 6) is 1.14. The molecule has 0 aromatic heterocycles. The molecular weight excluding hydrogens is 348 g/mol. The zero-order valence-electron chi connectivity index (χ0n) is 17.4. The molecule has 1 fully saturated rings. The van der Waals surface area contributed by atoms with Crippen molar-refractivity contribution in [2.24, 2.45) is 0 Å². The van der Waals surface area contributed by atoms with Crippen molar-refractivity contribution in [3.8, 4) is 0 Å². The van der Waals surface area contributed by atoms with E-state index in [2.05, 4.69) is 86.0 Å². The Bertz CT molecular complexity index is 693. The fraction of sp³-hybridized carbons (Fsp3) is 0.500. The van der Waals surface area contributed by atoms with Crippen molar-refractivity contribution >= 4 is 11.8 Å². The van der Waals surface area contributed by atoms with Crippen LogP contribution in [0, 0.1) is 0 Å². The number of piperazine rings is 1. The van der Waals surface area contributed by atoms with E-state index in [1.807, 2.05) is 11.8 Å². The fourth-order valence-electron chi connectivity index (χ4n) is 3.59. The van der Waals surface area contributed by atoms with Gasteiger partial charge in [-0.15, -0.1) is 11.8 Å².